The number of amides is 1. The first-order valence-electron chi connectivity index (χ1n) is 4.64. The van der Waals surface area contributed by atoms with Gasteiger partial charge in [-0.25, -0.2) is 0 Å². The molecule has 5 heteroatoms. The summed E-state index contributed by atoms with van der Waals surface area (Å²) in [5.74, 6) is -0.0716. The van der Waals surface area contributed by atoms with Crippen LogP contribution in [-0.4, -0.2) is 29.0 Å². The van der Waals surface area contributed by atoms with Crippen LogP contribution >= 0.6 is 15.9 Å². The van der Waals surface area contributed by atoms with Crippen LogP contribution in [0.15, 0.2) is 27.6 Å². The number of pyridine rings is 1. The van der Waals surface area contributed by atoms with Crippen molar-refractivity contribution in [3.8, 4) is 0 Å². The Hall–Kier alpha value is -1.10. The van der Waals surface area contributed by atoms with Crippen LogP contribution in [0.1, 0.15) is 6.92 Å². The van der Waals surface area contributed by atoms with E-state index in [1.807, 2.05) is 6.92 Å². The summed E-state index contributed by atoms with van der Waals surface area (Å²) >= 11 is 3.26. The lowest BCUT2D eigenvalue weighted by Gasteiger charge is -2.15. The van der Waals surface area contributed by atoms with Crippen LogP contribution in [0.5, 0.6) is 0 Å². The van der Waals surface area contributed by atoms with Gasteiger partial charge in [-0.3, -0.25) is 9.59 Å². The van der Waals surface area contributed by atoms with Gasteiger partial charge in [0.2, 0.25) is 5.91 Å². The number of halogens is 1. The fourth-order valence-electron chi connectivity index (χ4n) is 1.07. The van der Waals surface area contributed by atoms with Crippen molar-refractivity contribution in [1.82, 2.24) is 9.47 Å². The van der Waals surface area contributed by atoms with Gasteiger partial charge in [0.05, 0.1) is 0 Å². The largest absolute Gasteiger partial charge is 0.344 e. The topological polar surface area (TPSA) is 42.3 Å². The highest BCUT2D eigenvalue weighted by Gasteiger charge is 2.08. The third-order valence-corrected chi connectivity index (χ3v) is 2.62. The normalized spacial score (nSPS) is 10.1. The number of hydrogen-bond donors (Lipinski definition) is 0. The summed E-state index contributed by atoms with van der Waals surface area (Å²) in [5, 5.41) is 0. The molecular weight excluding hydrogens is 260 g/mol. The Morgan fingerprint density at radius 2 is 2.20 bits per heavy atom. The molecule has 15 heavy (non-hydrogen) atoms. The first-order valence-corrected chi connectivity index (χ1v) is 5.44. The average Bonchev–Trinajstić information content (AvgIpc) is 2.22. The molecule has 0 atom stereocenters. The number of carbonyl (C=O) groups excluding carboxylic acids is 1. The van der Waals surface area contributed by atoms with Crippen molar-refractivity contribution in [3.63, 3.8) is 0 Å². The first kappa shape index (κ1) is 12.0. The third kappa shape index (κ3) is 3.20. The minimum absolute atomic E-state index is 0.0716. The zero-order valence-corrected chi connectivity index (χ0v) is 10.3. The van der Waals surface area contributed by atoms with Crippen molar-refractivity contribution in [3.05, 3.63) is 33.2 Å². The maximum Gasteiger partial charge on any atom is 0.251 e. The van der Waals surface area contributed by atoms with Gasteiger partial charge in [-0.1, -0.05) is 0 Å². The molecule has 0 N–H and O–H groups in total. The van der Waals surface area contributed by atoms with Gasteiger partial charge in [-0.2, -0.15) is 0 Å². The van der Waals surface area contributed by atoms with Crippen LogP contribution in [-0.2, 0) is 11.3 Å². The van der Waals surface area contributed by atoms with Crippen LogP contribution in [0.25, 0.3) is 0 Å². The average molecular weight is 273 g/mol. The zero-order chi connectivity index (χ0) is 11.4. The van der Waals surface area contributed by atoms with Gasteiger partial charge in [0.15, 0.2) is 0 Å². The molecule has 0 aliphatic carbocycles. The first-order chi connectivity index (χ1) is 7.04. The lowest BCUT2D eigenvalue weighted by atomic mass is 10.4. The molecule has 0 bridgehead atoms. The Bertz CT molecular complexity index is 414. The van der Waals surface area contributed by atoms with E-state index in [0.717, 1.165) is 4.47 Å². The molecule has 0 unspecified atom stereocenters. The molecule has 0 fully saturated rings. The lowest BCUT2D eigenvalue weighted by molar-refractivity contribution is -0.130. The van der Waals surface area contributed by atoms with Crippen molar-refractivity contribution >= 4 is 21.8 Å². The molecule has 0 saturated heterocycles. The maximum atomic E-state index is 11.6. The van der Waals surface area contributed by atoms with Crippen molar-refractivity contribution in [2.75, 3.05) is 13.6 Å². The number of carbonyl (C=O) groups is 1. The molecule has 0 aliphatic heterocycles. The molecule has 1 aromatic rings. The number of likely N-dealkylation sites (N-methyl/N-ethyl adjacent to an activating group) is 1. The summed E-state index contributed by atoms with van der Waals surface area (Å²) in [6.07, 6.45) is 1.61. The summed E-state index contributed by atoms with van der Waals surface area (Å²) in [6.45, 7) is 2.62. The minimum Gasteiger partial charge on any atom is -0.344 e. The van der Waals surface area contributed by atoms with Crippen molar-refractivity contribution in [2.24, 2.45) is 0 Å². The van der Waals surface area contributed by atoms with E-state index in [0.29, 0.717) is 6.54 Å². The predicted octanol–water partition coefficient (Wildman–Crippen LogP) is 1.09. The van der Waals surface area contributed by atoms with E-state index < -0.39 is 0 Å². The summed E-state index contributed by atoms with van der Waals surface area (Å²) in [7, 11) is 1.71. The maximum absolute atomic E-state index is 11.6. The van der Waals surface area contributed by atoms with E-state index in [1.54, 1.807) is 24.2 Å². The number of aromatic nitrogens is 1. The van der Waals surface area contributed by atoms with Gasteiger partial charge < -0.3 is 9.47 Å². The van der Waals surface area contributed by atoms with E-state index in [4.69, 9.17) is 0 Å². The minimum atomic E-state index is -0.170. The molecule has 1 amide bonds. The number of nitrogens with zero attached hydrogens (tertiary/aromatic N) is 2. The van der Waals surface area contributed by atoms with Crippen LogP contribution in [0, 0.1) is 0 Å². The molecule has 0 spiro atoms. The third-order valence-electron chi connectivity index (χ3n) is 2.15. The Kier molecular flexibility index (Phi) is 4.08. The standard InChI is InChI=1S/C10H13BrN2O2/c1-3-12(2)10(15)7-13-6-8(11)4-5-9(13)14/h4-6H,3,7H2,1-2H3. The molecule has 1 rings (SSSR count). The fourth-order valence-corrected chi connectivity index (χ4v) is 1.45. The highest BCUT2D eigenvalue weighted by molar-refractivity contribution is 9.10. The van der Waals surface area contributed by atoms with E-state index in [1.165, 1.54) is 10.6 Å². The van der Waals surface area contributed by atoms with E-state index in [-0.39, 0.29) is 18.0 Å². The monoisotopic (exact) mass is 272 g/mol. The van der Waals surface area contributed by atoms with Gasteiger partial charge >= 0.3 is 0 Å². The van der Waals surface area contributed by atoms with E-state index in [2.05, 4.69) is 15.9 Å². The van der Waals surface area contributed by atoms with Crippen molar-refractivity contribution in [1.29, 1.82) is 0 Å². The molecule has 0 saturated carbocycles. The smallest absolute Gasteiger partial charge is 0.251 e. The van der Waals surface area contributed by atoms with Gasteiger partial charge in [0.1, 0.15) is 6.54 Å². The fraction of sp³-hybridized carbons (Fsp3) is 0.400. The molecule has 0 aliphatic rings. The summed E-state index contributed by atoms with van der Waals surface area (Å²) in [4.78, 5) is 24.5. The SMILES string of the molecule is CCN(C)C(=O)Cn1cc(Br)ccc1=O. The zero-order valence-electron chi connectivity index (χ0n) is 8.74. The second-order valence-electron chi connectivity index (χ2n) is 3.22. The number of hydrogen-bond acceptors (Lipinski definition) is 2. The van der Waals surface area contributed by atoms with E-state index >= 15 is 0 Å². The highest BCUT2D eigenvalue weighted by Crippen LogP contribution is 2.04. The molecule has 82 valence electrons. The van der Waals surface area contributed by atoms with Crippen LogP contribution in [0.2, 0.25) is 0 Å². The van der Waals surface area contributed by atoms with Gasteiger partial charge in [0.25, 0.3) is 5.56 Å². The Morgan fingerprint density at radius 3 is 2.80 bits per heavy atom. The quantitative estimate of drug-likeness (QED) is 0.827. The van der Waals surface area contributed by atoms with Crippen molar-refractivity contribution in [2.45, 2.75) is 13.5 Å². The van der Waals surface area contributed by atoms with Crippen LogP contribution < -0.4 is 5.56 Å². The lowest BCUT2D eigenvalue weighted by Crippen LogP contribution is -2.33. The van der Waals surface area contributed by atoms with Gasteiger partial charge in [-0.15, -0.1) is 0 Å². The van der Waals surface area contributed by atoms with E-state index in [9.17, 15) is 9.59 Å². The Labute approximate surface area is 96.6 Å². The molecule has 1 heterocycles. The Morgan fingerprint density at radius 1 is 1.53 bits per heavy atom. The number of rotatable bonds is 3. The molecule has 0 radical (unpaired) electrons. The predicted molar refractivity (Wildman–Crippen MR) is 61.7 cm³/mol. The molecule has 1 aromatic heterocycles. The van der Waals surface area contributed by atoms with Crippen LogP contribution in [0.3, 0.4) is 0 Å². The molecule has 0 aromatic carbocycles. The highest BCUT2D eigenvalue weighted by atomic mass is 79.9. The summed E-state index contributed by atoms with van der Waals surface area (Å²) < 4.78 is 2.17. The summed E-state index contributed by atoms with van der Waals surface area (Å²) in [6, 6.07) is 3.09. The van der Waals surface area contributed by atoms with Gasteiger partial charge in [-0.05, 0) is 28.9 Å². The summed E-state index contributed by atoms with van der Waals surface area (Å²) in [5.41, 5.74) is -0.170. The molecule has 4 nitrogen and oxygen atoms in total. The molecular formula is C10H13BrN2O2. The van der Waals surface area contributed by atoms with Crippen LogP contribution in [0.4, 0.5) is 0 Å². The second-order valence-corrected chi connectivity index (χ2v) is 4.14. The second kappa shape index (κ2) is 5.11. The van der Waals surface area contributed by atoms with Gasteiger partial charge in [0, 0.05) is 30.3 Å². The van der Waals surface area contributed by atoms with Crippen molar-refractivity contribution < 1.29 is 4.79 Å². The Balaban J connectivity index is 2.85.